The predicted octanol–water partition coefficient (Wildman–Crippen LogP) is 3.26. The van der Waals surface area contributed by atoms with Crippen LogP contribution in [-0.4, -0.2) is 39.8 Å². The molecular weight excluding hydrogens is 364 g/mol. The molecule has 0 radical (unpaired) electrons. The number of pyridine rings is 2. The molecule has 0 aliphatic carbocycles. The van der Waals surface area contributed by atoms with Crippen LogP contribution in [0, 0.1) is 0 Å². The van der Waals surface area contributed by atoms with Crippen LogP contribution in [0.15, 0.2) is 67.0 Å². The van der Waals surface area contributed by atoms with Crippen LogP contribution in [0.1, 0.15) is 45.2 Å². The molecule has 2 N–H and O–H groups in total. The fourth-order valence-corrected chi connectivity index (χ4v) is 3.75. The van der Waals surface area contributed by atoms with Crippen LogP contribution >= 0.6 is 0 Å². The van der Waals surface area contributed by atoms with Gasteiger partial charge in [-0.1, -0.05) is 18.2 Å². The van der Waals surface area contributed by atoms with Gasteiger partial charge in [-0.05, 0) is 49.2 Å². The van der Waals surface area contributed by atoms with E-state index in [1.165, 1.54) is 0 Å². The second-order valence-corrected chi connectivity index (χ2v) is 7.22. The summed E-state index contributed by atoms with van der Waals surface area (Å²) in [5.41, 5.74) is 9.06. The van der Waals surface area contributed by atoms with E-state index in [0.29, 0.717) is 17.7 Å². The van der Waals surface area contributed by atoms with Crippen molar-refractivity contribution in [2.24, 2.45) is 5.73 Å². The van der Waals surface area contributed by atoms with Gasteiger partial charge in [0.05, 0.1) is 11.3 Å². The normalized spacial score (nSPS) is 16.4. The molecule has 146 valence electrons. The number of rotatable bonds is 4. The van der Waals surface area contributed by atoms with Crippen LogP contribution in [0.5, 0.6) is 0 Å². The lowest BCUT2D eigenvalue weighted by Gasteiger charge is -2.32. The van der Waals surface area contributed by atoms with E-state index in [0.717, 1.165) is 36.3 Å². The highest BCUT2D eigenvalue weighted by Gasteiger charge is 2.26. The minimum atomic E-state index is -0.458. The number of piperidine rings is 1. The molecule has 1 aromatic carbocycles. The van der Waals surface area contributed by atoms with E-state index in [-0.39, 0.29) is 11.8 Å². The summed E-state index contributed by atoms with van der Waals surface area (Å²) < 4.78 is 0. The molecule has 6 nitrogen and oxygen atoms in total. The highest BCUT2D eigenvalue weighted by atomic mass is 16.2. The van der Waals surface area contributed by atoms with Crippen LogP contribution in [0.2, 0.25) is 0 Å². The third-order valence-corrected chi connectivity index (χ3v) is 5.25. The van der Waals surface area contributed by atoms with E-state index < -0.39 is 5.91 Å². The summed E-state index contributed by atoms with van der Waals surface area (Å²) >= 11 is 0. The molecule has 0 spiro atoms. The summed E-state index contributed by atoms with van der Waals surface area (Å²) in [6.07, 6.45) is 5.18. The predicted molar refractivity (Wildman–Crippen MR) is 110 cm³/mol. The Morgan fingerprint density at radius 2 is 1.86 bits per heavy atom. The van der Waals surface area contributed by atoms with Crippen molar-refractivity contribution in [2.45, 2.75) is 18.8 Å². The average molecular weight is 386 g/mol. The molecule has 0 bridgehead atoms. The summed E-state index contributed by atoms with van der Waals surface area (Å²) in [5.74, 6) is -0.281. The summed E-state index contributed by atoms with van der Waals surface area (Å²) in [4.78, 5) is 35.0. The van der Waals surface area contributed by atoms with Gasteiger partial charge in [0.2, 0.25) is 5.91 Å². The van der Waals surface area contributed by atoms with Crippen molar-refractivity contribution in [3.05, 3.63) is 83.8 Å². The molecule has 1 aliphatic rings. The van der Waals surface area contributed by atoms with Crippen molar-refractivity contribution in [2.75, 3.05) is 13.1 Å². The lowest BCUT2D eigenvalue weighted by atomic mass is 9.93. The Morgan fingerprint density at radius 1 is 1.03 bits per heavy atom. The molecule has 2 amide bonds. The first-order valence-electron chi connectivity index (χ1n) is 9.68. The van der Waals surface area contributed by atoms with Gasteiger partial charge in [-0.15, -0.1) is 0 Å². The third kappa shape index (κ3) is 4.16. The summed E-state index contributed by atoms with van der Waals surface area (Å²) in [6.45, 7) is 1.37. The molecule has 6 heteroatoms. The maximum absolute atomic E-state index is 12.8. The number of hydrogen-bond acceptors (Lipinski definition) is 4. The number of carbonyl (C=O) groups is 2. The molecule has 3 heterocycles. The van der Waals surface area contributed by atoms with E-state index in [4.69, 9.17) is 10.7 Å². The highest BCUT2D eigenvalue weighted by Crippen LogP contribution is 2.28. The van der Waals surface area contributed by atoms with Crippen molar-refractivity contribution >= 4 is 11.8 Å². The molecule has 1 saturated heterocycles. The Hall–Kier alpha value is -3.54. The van der Waals surface area contributed by atoms with Gasteiger partial charge in [0.25, 0.3) is 5.91 Å². The number of carbonyl (C=O) groups excluding carboxylic acids is 2. The number of nitrogens with two attached hydrogens (primary N) is 1. The molecule has 0 saturated carbocycles. The average Bonchev–Trinajstić information content (AvgIpc) is 2.79. The van der Waals surface area contributed by atoms with Crippen LogP contribution in [0.4, 0.5) is 0 Å². The quantitative estimate of drug-likeness (QED) is 0.745. The van der Waals surface area contributed by atoms with Crippen molar-refractivity contribution < 1.29 is 9.59 Å². The highest BCUT2D eigenvalue weighted by molar-refractivity contribution is 5.94. The van der Waals surface area contributed by atoms with Crippen LogP contribution in [0.3, 0.4) is 0 Å². The number of likely N-dealkylation sites (tertiary alicyclic amines) is 1. The topological polar surface area (TPSA) is 89.2 Å². The van der Waals surface area contributed by atoms with Gasteiger partial charge in [-0.3, -0.25) is 19.6 Å². The Labute approximate surface area is 169 Å². The first kappa shape index (κ1) is 18.8. The minimum Gasteiger partial charge on any atom is -0.366 e. The fraction of sp³-hybridized carbons (Fsp3) is 0.217. The molecule has 1 unspecified atom stereocenters. The Kier molecular flexibility index (Phi) is 5.33. The summed E-state index contributed by atoms with van der Waals surface area (Å²) in [6, 6.07) is 16.6. The molecule has 1 fully saturated rings. The maximum Gasteiger partial charge on any atom is 0.255 e. The van der Waals surface area contributed by atoms with Gasteiger partial charge >= 0.3 is 0 Å². The number of hydrogen-bond donors (Lipinski definition) is 1. The molecule has 29 heavy (non-hydrogen) atoms. The molecule has 2 aromatic heterocycles. The van der Waals surface area contributed by atoms with Gasteiger partial charge in [-0.25, -0.2) is 0 Å². The minimum absolute atomic E-state index is 0.00751. The van der Waals surface area contributed by atoms with Gasteiger partial charge in [0.1, 0.15) is 0 Å². The number of primary amides is 1. The van der Waals surface area contributed by atoms with Crippen molar-refractivity contribution in [3.8, 4) is 11.3 Å². The van der Waals surface area contributed by atoms with Crippen molar-refractivity contribution in [1.29, 1.82) is 0 Å². The van der Waals surface area contributed by atoms with E-state index in [1.807, 2.05) is 29.2 Å². The Bertz CT molecular complexity index is 1040. The molecule has 4 rings (SSSR count). The smallest absolute Gasteiger partial charge is 0.255 e. The second kappa shape index (κ2) is 8.22. The van der Waals surface area contributed by atoms with Crippen LogP contribution in [-0.2, 0) is 0 Å². The van der Waals surface area contributed by atoms with Gasteiger partial charge < -0.3 is 10.6 Å². The van der Waals surface area contributed by atoms with Gasteiger partial charge in [0.15, 0.2) is 0 Å². The van der Waals surface area contributed by atoms with Crippen LogP contribution < -0.4 is 5.73 Å². The van der Waals surface area contributed by atoms with E-state index in [2.05, 4.69) is 4.98 Å². The van der Waals surface area contributed by atoms with Crippen molar-refractivity contribution in [1.82, 2.24) is 14.9 Å². The van der Waals surface area contributed by atoms with E-state index >= 15 is 0 Å². The zero-order valence-electron chi connectivity index (χ0n) is 16.0. The Balaban J connectivity index is 1.56. The lowest BCUT2D eigenvalue weighted by molar-refractivity contribution is 0.0705. The monoisotopic (exact) mass is 386 g/mol. The Morgan fingerprint density at radius 3 is 2.66 bits per heavy atom. The lowest BCUT2D eigenvalue weighted by Crippen LogP contribution is -2.39. The zero-order chi connectivity index (χ0) is 20.2. The number of aromatic nitrogens is 2. The van der Waals surface area contributed by atoms with Gasteiger partial charge in [-0.2, -0.15) is 0 Å². The molecule has 1 aliphatic heterocycles. The molecular formula is C23H22N4O2. The second-order valence-electron chi connectivity index (χ2n) is 7.22. The van der Waals surface area contributed by atoms with E-state index in [1.54, 1.807) is 42.7 Å². The van der Waals surface area contributed by atoms with Gasteiger partial charge in [0, 0.05) is 48.2 Å². The maximum atomic E-state index is 12.8. The van der Waals surface area contributed by atoms with Crippen LogP contribution in [0.25, 0.3) is 11.3 Å². The first-order valence-corrected chi connectivity index (χ1v) is 9.68. The largest absolute Gasteiger partial charge is 0.366 e. The molecule has 1 atom stereocenters. The number of nitrogens with zero attached hydrogens (tertiary/aromatic N) is 3. The van der Waals surface area contributed by atoms with Crippen molar-refractivity contribution in [3.63, 3.8) is 0 Å². The number of amides is 2. The molecule has 3 aromatic rings. The van der Waals surface area contributed by atoms with E-state index in [9.17, 15) is 9.59 Å². The first-order chi connectivity index (χ1) is 14.1. The standard InChI is InChI=1S/C23H22N4O2/c24-22(28)17-6-1-5-16(13-17)20-9-2-10-21(26-20)19-8-4-12-27(15-19)23(29)18-7-3-11-25-14-18/h1-3,5-7,9-11,13-14,19H,4,8,12,15H2,(H2,24,28). The third-order valence-electron chi connectivity index (χ3n) is 5.25. The number of benzene rings is 1. The fourth-order valence-electron chi connectivity index (χ4n) is 3.75. The summed E-state index contributed by atoms with van der Waals surface area (Å²) in [7, 11) is 0. The summed E-state index contributed by atoms with van der Waals surface area (Å²) in [5, 5.41) is 0. The SMILES string of the molecule is NC(=O)c1cccc(-c2cccc(C3CCCN(C(=O)c4cccnc4)C3)n2)c1. The zero-order valence-corrected chi connectivity index (χ0v) is 16.0.